The summed E-state index contributed by atoms with van der Waals surface area (Å²) in [5.41, 5.74) is 0.951. The molecule has 13 heavy (non-hydrogen) atoms. The normalized spacial score (nSPS) is 21.1. The van der Waals surface area contributed by atoms with Gasteiger partial charge in [-0.15, -0.1) is 0 Å². The maximum atomic E-state index is 4.27. The van der Waals surface area contributed by atoms with Crippen molar-refractivity contribution in [2.24, 2.45) is 9.98 Å². The lowest BCUT2D eigenvalue weighted by atomic mass is 10.4. The highest BCUT2D eigenvalue weighted by Crippen LogP contribution is 2.24. The maximum Gasteiger partial charge on any atom is 0.127 e. The van der Waals surface area contributed by atoms with Crippen molar-refractivity contribution in [2.75, 3.05) is 0 Å². The van der Waals surface area contributed by atoms with Crippen molar-refractivity contribution in [3.63, 3.8) is 0 Å². The molecule has 1 aliphatic rings. The number of rotatable bonds is 1. The molecule has 1 rings (SSSR count). The fraction of sp³-hybridized carbons (Fsp3) is 0.400. The molecular formula is C10H16N2S. The third-order valence-corrected chi connectivity index (χ3v) is 2.12. The summed E-state index contributed by atoms with van der Waals surface area (Å²) in [7, 11) is 0. The summed E-state index contributed by atoms with van der Waals surface area (Å²) in [6.07, 6.45) is 3.49. The van der Waals surface area contributed by atoms with E-state index in [0.29, 0.717) is 0 Å². The number of allylic oxidation sites excluding steroid dienone is 1. The van der Waals surface area contributed by atoms with Crippen LogP contribution in [-0.4, -0.2) is 10.1 Å². The summed E-state index contributed by atoms with van der Waals surface area (Å²) < 4.78 is 0. The van der Waals surface area contributed by atoms with E-state index in [2.05, 4.69) is 16.6 Å². The summed E-state index contributed by atoms with van der Waals surface area (Å²) in [5.74, 6) is 0. The van der Waals surface area contributed by atoms with Gasteiger partial charge in [-0.2, -0.15) is 0 Å². The molecule has 0 radical (unpaired) electrons. The van der Waals surface area contributed by atoms with Gasteiger partial charge in [0, 0.05) is 6.20 Å². The number of thioether (sulfide) groups is 1. The molecule has 0 aromatic carbocycles. The van der Waals surface area contributed by atoms with Crippen molar-refractivity contribution in [1.82, 2.24) is 0 Å². The van der Waals surface area contributed by atoms with Gasteiger partial charge in [0.1, 0.15) is 5.04 Å². The fourth-order valence-corrected chi connectivity index (χ4v) is 1.61. The summed E-state index contributed by atoms with van der Waals surface area (Å²) in [6, 6.07) is 0. The second kappa shape index (κ2) is 6.66. The predicted octanol–water partition coefficient (Wildman–Crippen LogP) is 3.62. The van der Waals surface area contributed by atoms with E-state index in [0.717, 1.165) is 15.8 Å². The molecule has 3 heteroatoms. The van der Waals surface area contributed by atoms with Crippen LogP contribution < -0.4 is 0 Å². The molecule has 0 fully saturated rings. The van der Waals surface area contributed by atoms with Crippen LogP contribution in [0.5, 0.6) is 0 Å². The average Bonchev–Trinajstić information content (AvgIpc) is 2.50. The minimum absolute atomic E-state index is 0.944. The number of nitrogens with zero attached hydrogens (tertiary/aromatic N) is 2. The lowest BCUT2D eigenvalue weighted by Gasteiger charge is -1.90. The minimum atomic E-state index is 0.944. The molecule has 1 heterocycles. The van der Waals surface area contributed by atoms with Gasteiger partial charge in [-0.3, -0.25) is 0 Å². The molecule has 0 spiro atoms. The van der Waals surface area contributed by atoms with Crippen LogP contribution in [-0.2, 0) is 0 Å². The molecule has 0 unspecified atom stereocenters. The van der Waals surface area contributed by atoms with E-state index < -0.39 is 0 Å². The third-order valence-electron chi connectivity index (χ3n) is 1.22. The lowest BCUT2D eigenvalue weighted by molar-refractivity contribution is 1.43. The van der Waals surface area contributed by atoms with Crippen molar-refractivity contribution >= 4 is 21.8 Å². The molecule has 0 saturated heterocycles. The monoisotopic (exact) mass is 196 g/mol. The zero-order chi connectivity index (χ0) is 10.3. The van der Waals surface area contributed by atoms with Gasteiger partial charge in [-0.1, -0.05) is 38.3 Å². The first kappa shape index (κ1) is 12.2. The van der Waals surface area contributed by atoms with Crippen LogP contribution in [0.3, 0.4) is 0 Å². The zero-order valence-corrected chi connectivity index (χ0v) is 9.48. The molecule has 0 aliphatic carbocycles. The third kappa shape index (κ3) is 3.59. The Morgan fingerprint density at radius 3 is 2.54 bits per heavy atom. The lowest BCUT2D eigenvalue weighted by Crippen LogP contribution is -1.87. The summed E-state index contributed by atoms with van der Waals surface area (Å²) in [4.78, 5) is 8.36. The highest BCUT2D eigenvalue weighted by atomic mass is 32.2. The van der Waals surface area contributed by atoms with E-state index in [9.17, 15) is 0 Å². The first-order valence-electron chi connectivity index (χ1n) is 4.36. The molecule has 0 atom stereocenters. The number of aliphatic imine (C=N–C) groups is 2. The van der Waals surface area contributed by atoms with Crippen molar-refractivity contribution in [3.05, 3.63) is 24.6 Å². The molecule has 0 saturated carbocycles. The van der Waals surface area contributed by atoms with Crippen LogP contribution in [0.2, 0.25) is 0 Å². The van der Waals surface area contributed by atoms with Crippen LogP contribution in [0.15, 0.2) is 34.5 Å². The molecule has 0 aromatic rings. The number of hydrogen-bond acceptors (Lipinski definition) is 3. The van der Waals surface area contributed by atoms with E-state index in [-0.39, 0.29) is 0 Å². The molecule has 0 amide bonds. The Balaban J connectivity index is 0.000000671. The van der Waals surface area contributed by atoms with Gasteiger partial charge in [-0.25, -0.2) is 9.98 Å². The van der Waals surface area contributed by atoms with E-state index in [4.69, 9.17) is 0 Å². The largest absolute Gasteiger partial charge is 0.248 e. The Kier molecular flexibility index (Phi) is 6.24. The van der Waals surface area contributed by atoms with Crippen molar-refractivity contribution < 1.29 is 0 Å². The van der Waals surface area contributed by atoms with E-state index >= 15 is 0 Å². The highest BCUT2D eigenvalue weighted by molar-refractivity contribution is 8.27. The summed E-state index contributed by atoms with van der Waals surface area (Å²) in [5, 5.41) is 1.98. The maximum absolute atomic E-state index is 4.27. The van der Waals surface area contributed by atoms with Crippen LogP contribution in [0.1, 0.15) is 27.7 Å². The summed E-state index contributed by atoms with van der Waals surface area (Å²) in [6.45, 7) is 11.5. The second-order valence-electron chi connectivity index (χ2n) is 2.02. The minimum Gasteiger partial charge on any atom is -0.248 e. The Hall–Kier alpha value is -0.830. The van der Waals surface area contributed by atoms with Crippen LogP contribution in [0.25, 0.3) is 0 Å². The molecule has 72 valence electrons. The highest BCUT2D eigenvalue weighted by Gasteiger charge is 2.14. The van der Waals surface area contributed by atoms with E-state index in [1.165, 1.54) is 0 Å². The van der Waals surface area contributed by atoms with Gasteiger partial charge < -0.3 is 0 Å². The molecule has 0 aromatic heterocycles. The SMILES string of the molecule is C=CN=C1SC(C)=N/C1=C/C.CC. The molecule has 0 bridgehead atoms. The van der Waals surface area contributed by atoms with Gasteiger partial charge in [0.2, 0.25) is 0 Å². The van der Waals surface area contributed by atoms with Crippen molar-refractivity contribution in [3.8, 4) is 0 Å². The predicted molar refractivity (Wildman–Crippen MR) is 63.4 cm³/mol. The molecule has 2 nitrogen and oxygen atoms in total. The second-order valence-corrected chi connectivity index (χ2v) is 3.21. The Morgan fingerprint density at radius 2 is 2.08 bits per heavy atom. The average molecular weight is 196 g/mol. The van der Waals surface area contributed by atoms with Crippen molar-refractivity contribution in [2.45, 2.75) is 27.7 Å². The Labute approximate surface area is 84.6 Å². The van der Waals surface area contributed by atoms with Gasteiger partial charge >= 0.3 is 0 Å². The molecular weight excluding hydrogens is 180 g/mol. The first-order chi connectivity index (χ1) is 6.27. The quantitative estimate of drug-likeness (QED) is 0.628. The molecule has 0 N–H and O–H groups in total. The summed E-state index contributed by atoms with van der Waals surface area (Å²) >= 11 is 1.58. The van der Waals surface area contributed by atoms with Crippen LogP contribution in [0.4, 0.5) is 0 Å². The van der Waals surface area contributed by atoms with Crippen molar-refractivity contribution in [1.29, 1.82) is 0 Å². The fourth-order valence-electron chi connectivity index (χ4n) is 0.796. The first-order valence-corrected chi connectivity index (χ1v) is 5.18. The van der Waals surface area contributed by atoms with Gasteiger partial charge in [-0.05, 0) is 13.8 Å². The van der Waals surface area contributed by atoms with Crippen LogP contribution in [0, 0.1) is 0 Å². The van der Waals surface area contributed by atoms with E-state index in [1.54, 1.807) is 18.0 Å². The standard InChI is InChI=1S/C8H10N2S.C2H6/c1-4-7-8(9-5-2)11-6(3)10-7;1-2/h4-5H,2H2,1,3H3;1-2H3/b7-4+,9-8?;. The van der Waals surface area contributed by atoms with Crippen LogP contribution >= 0.6 is 11.8 Å². The van der Waals surface area contributed by atoms with Gasteiger partial charge in [0.25, 0.3) is 0 Å². The topological polar surface area (TPSA) is 24.7 Å². The number of hydrogen-bond donors (Lipinski definition) is 0. The van der Waals surface area contributed by atoms with Gasteiger partial charge in [0.05, 0.1) is 10.7 Å². The molecule has 1 aliphatic heterocycles. The Bertz CT molecular complexity index is 262. The Morgan fingerprint density at radius 1 is 1.46 bits per heavy atom. The zero-order valence-electron chi connectivity index (χ0n) is 8.66. The van der Waals surface area contributed by atoms with E-state index in [1.807, 2.05) is 33.8 Å². The van der Waals surface area contributed by atoms with Gasteiger partial charge in [0.15, 0.2) is 0 Å². The smallest absolute Gasteiger partial charge is 0.127 e.